The smallest absolute Gasteiger partial charge is 0.165 e. The van der Waals surface area contributed by atoms with E-state index in [1.165, 1.54) is 38.2 Å². The second-order valence-electron chi connectivity index (χ2n) is 7.25. The zero-order valence-corrected chi connectivity index (χ0v) is 17.9. The van der Waals surface area contributed by atoms with Crippen LogP contribution in [-0.2, 0) is 0 Å². The SMILES string of the molecule is NC#CO.Nc1c(Br)c(C2CCCCC2)nc2c(-c3ccc4[nH]ncc4c3)cnn12. The molecule has 0 aliphatic heterocycles. The summed E-state index contributed by atoms with van der Waals surface area (Å²) < 4.78 is 2.61. The van der Waals surface area contributed by atoms with Crippen molar-refractivity contribution in [1.82, 2.24) is 24.8 Å². The van der Waals surface area contributed by atoms with Gasteiger partial charge in [0.05, 0.1) is 28.1 Å². The molecule has 154 valence electrons. The van der Waals surface area contributed by atoms with Gasteiger partial charge in [0.25, 0.3) is 0 Å². The highest BCUT2D eigenvalue weighted by molar-refractivity contribution is 9.10. The standard InChI is InChI=1S/C19H19BrN6.C2H3NO/c20-16-17(11-4-2-1-3-5-11)24-19-14(10-23-26(19)18(16)21)12-6-7-15-13(8-12)9-22-25-15;3-1-2-4/h6-11H,1-5,21H2,(H,22,25);4H,3H2. The van der Waals surface area contributed by atoms with Crippen LogP contribution >= 0.6 is 15.9 Å². The second-order valence-corrected chi connectivity index (χ2v) is 8.05. The number of aliphatic hydroxyl groups is 1. The predicted octanol–water partition coefficient (Wildman–Crippen LogP) is 3.90. The van der Waals surface area contributed by atoms with Crippen molar-refractivity contribution in [2.45, 2.75) is 38.0 Å². The number of nitrogens with zero attached hydrogens (tertiary/aromatic N) is 4. The number of fused-ring (bicyclic) bond motifs is 2. The molecule has 0 radical (unpaired) electrons. The quantitative estimate of drug-likeness (QED) is 0.261. The minimum Gasteiger partial charge on any atom is -0.461 e. The molecule has 6 N–H and O–H groups in total. The molecule has 30 heavy (non-hydrogen) atoms. The van der Waals surface area contributed by atoms with E-state index in [4.69, 9.17) is 15.8 Å². The van der Waals surface area contributed by atoms with Gasteiger partial charge in [0, 0.05) is 22.9 Å². The van der Waals surface area contributed by atoms with Gasteiger partial charge in [-0.25, -0.2) is 4.98 Å². The van der Waals surface area contributed by atoms with E-state index in [9.17, 15) is 0 Å². The first-order chi connectivity index (χ1) is 14.6. The van der Waals surface area contributed by atoms with Crippen LogP contribution in [0.4, 0.5) is 5.82 Å². The fraction of sp³-hybridized carbons (Fsp3) is 0.286. The summed E-state index contributed by atoms with van der Waals surface area (Å²) in [6, 6.07) is 7.94. The summed E-state index contributed by atoms with van der Waals surface area (Å²) in [6.07, 6.45) is 11.3. The average molecular weight is 468 g/mol. The van der Waals surface area contributed by atoms with Crippen molar-refractivity contribution in [3.8, 4) is 23.3 Å². The number of halogens is 1. The predicted molar refractivity (Wildman–Crippen MR) is 120 cm³/mol. The first-order valence-electron chi connectivity index (χ1n) is 9.74. The lowest BCUT2D eigenvalue weighted by Gasteiger charge is -2.22. The Morgan fingerprint density at radius 2 is 1.97 bits per heavy atom. The van der Waals surface area contributed by atoms with Gasteiger partial charge < -0.3 is 16.6 Å². The van der Waals surface area contributed by atoms with Crippen LogP contribution in [0.2, 0.25) is 0 Å². The van der Waals surface area contributed by atoms with Crippen LogP contribution in [0.25, 0.3) is 27.7 Å². The molecule has 1 fully saturated rings. The number of nitrogen functional groups attached to an aromatic ring is 1. The maximum Gasteiger partial charge on any atom is 0.165 e. The number of aliphatic hydroxyl groups excluding tert-OH is 1. The molecule has 9 heteroatoms. The number of nitrogens with one attached hydrogen (secondary N) is 1. The molecule has 0 atom stereocenters. The highest BCUT2D eigenvalue weighted by Gasteiger charge is 2.23. The Bertz CT molecular complexity index is 1240. The molecule has 0 saturated heterocycles. The van der Waals surface area contributed by atoms with Crippen LogP contribution < -0.4 is 11.5 Å². The number of nitrogens with two attached hydrogens (primary N) is 2. The van der Waals surface area contributed by atoms with Gasteiger partial charge in [-0.1, -0.05) is 25.3 Å². The third-order valence-corrected chi connectivity index (χ3v) is 6.27. The van der Waals surface area contributed by atoms with E-state index in [1.807, 2.05) is 18.5 Å². The molecule has 5 rings (SSSR count). The van der Waals surface area contributed by atoms with Crippen molar-refractivity contribution in [1.29, 1.82) is 0 Å². The molecule has 8 nitrogen and oxygen atoms in total. The summed E-state index contributed by atoms with van der Waals surface area (Å²) in [6.45, 7) is 0. The van der Waals surface area contributed by atoms with E-state index in [-0.39, 0.29) is 0 Å². The lowest BCUT2D eigenvalue weighted by Crippen LogP contribution is -2.11. The van der Waals surface area contributed by atoms with Crippen molar-refractivity contribution in [3.05, 3.63) is 40.8 Å². The second kappa shape index (κ2) is 8.63. The van der Waals surface area contributed by atoms with E-state index < -0.39 is 0 Å². The Morgan fingerprint density at radius 1 is 1.20 bits per heavy atom. The first kappa shape index (κ1) is 20.0. The number of hydrogen-bond acceptors (Lipinski definition) is 6. The van der Waals surface area contributed by atoms with Gasteiger partial charge in [0.1, 0.15) is 11.9 Å². The van der Waals surface area contributed by atoms with Crippen LogP contribution in [-0.4, -0.2) is 29.9 Å². The number of H-pyrrole nitrogens is 1. The fourth-order valence-electron chi connectivity index (χ4n) is 3.97. The van der Waals surface area contributed by atoms with Crippen molar-refractivity contribution < 1.29 is 5.11 Å². The van der Waals surface area contributed by atoms with Crippen LogP contribution in [0.3, 0.4) is 0 Å². The normalized spacial score (nSPS) is 14.2. The summed E-state index contributed by atoms with van der Waals surface area (Å²) in [5.41, 5.74) is 15.8. The van der Waals surface area contributed by atoms with Crippen molar-refractivity contribution in [2.24, 2.45) is 5.73 Å². The third kappa shape index (κ3) is 3.66. The van der Waals surface area contributed by atoms with Gasteiger partial charge >= 0.3 is 0 Å². The Labute approximate surface area is 181 Å². The van der Waals surface area contributed by atoms with Gasteiger partial charge in [-0.05, 0) is 46.5 Å². The van der Waals surface area contributed by atoms with E-state index >= 15 is 0 Å². The molecule has 3 aromatic heterocycles. The van der Waals surface area contributed by atoms with Crippen molar-refractivity contribution in [3.63, 3.8) is 0 Å². The summed E-state index contributed by atoms with van der Waals surface area (Å²) in [7, 11) is 0. The van der Waals surface area contributed by atoms with Gasteiger partial charge in [0.15, 0.2) is 5.65 Å². The monoisotopic (exact) mass is 467 g/mol. The molecule has 1 aliphatic carbocycles. The maximum absolute atomic E-state index is 7.39. The van der Waals surface area contributed by atoms with Crippen LogP contribution in [0.15, 0.2) is 35.1 Å². The lowest BCUT2D eigenvalue weighted by molar-refractivity contribution is 0.435. The molecular weight excluding hydrogens is 446 g/mol. The summed E-state index contributed by atoms with van der Waals surface area (Å²) in [5.74, 6) is 1.08. The number of benzene rings is 1. The Morgan fingerprint density at radius 3 is 2.70 bits per heavy atom. The van der Waals surface area contributed by atoms with E-state index in [2.05, 4.69) is 49.1 Å². The third-order valence-electron chi connectivity index (χ3n) is 5.46. The highest BCUT2D eigenvalue weighted by Crippen LogP contribution is 2.39. The topological polar surface area (TPSA) is 131 Å². The summed E-state index contributed by atoms with van der Waals surface area (Å²) >= 11 is 3.67. The number of hydrogen-bond donors (Lipinski definition) is 4. The molecule has 0 amide bonds. The number of aromatic amines is 1. The van der Waals surface area contributed by atoms with Gasteiger partial charge in [-0.15, -0.1) is 0 Å². The number of anilines is 1. The van der Waals surface area contributed by atoms with Crippen LogP contribution in [0, 0.1) is 12.2 Å². The molecular formula is C21H22BrN7O. The Hall–Kier alpha value is -3.25. The average Bonchev–Trinajstić information content (AvgIpc) is 3.43. The van der Waals surface area contributed by atoms with Crippen LogP contribution in [0.5, 0.6) is 0 Å². The zero-order valence-electron chi connectivity index (χ0n) is 16.3. The minimum absolute atomic E-state index is 0.463. The van der Waals surface area contributed by atoms with E-state index in [0.717, 1.165) is 37.8 Å². The largest absolute Gasteiger partial charge is 0.461 e. The molecule has 0 unspecified atom stereocenters. The molecule has 1 aliphatic rings. The van der Waals surface area contributed by atoms with E-state index in [0.29, 0.717) is 11.7 Å². The maximum atomic E-state index is 7.39. The fourth-order valence-corrected chi connectivity index (χ4v) is 4.55. The molecule has 1 saturated carbocycles. The molecule has 4 aromatic rings. The van der Waals surface area contributed by atoms with Crippen molar-refractivity contribution in [2.75, 3.05) is 5.73 Å². The Balaban J connectivity index is 0.000000503. The number of aromatic nitrogens is 5. The molecule has 0 bridgehead atoms. The van der Waals surface area contributed by atoms with Gasteiger partial charge in [-0.3, -0.25) is 5.10 Å². The van der Waals surface area contributed by atoms with Gasteiger partial charge in [-0.2, -0.15) is 14.7 Å². The van der Waals surface area contributed by atoms with E-state index in [1.54, 1.807) is 10.6 Å². The van der Waals surface area contributed by atoms with Gasteiger partial charge in [0.2, 0.25) is 0 Å². The first-order valence-corrected chi connectivity index (χ1v) is 10.5. The highest BCUT2D eigenvalue weighted by atomic mass is 79.9. The Kier molecular flexibility index (Phi) is 5.77. The van der Waals surface area contributed by atoms with Crippen LogP contribution in [0.1, 0.15) is 43.7 Å². The lowest BCUT2D eigenvalue weighted by atomic mass is 9.87. The molecule has 1 aromatic carbocycles. The zero-order chi connectivity index (χ0) is 21.1. The summed E-state index contributed by atoms with van der Waals surface area (Å²) in [5, 5.41) is 20.0. The molecule has 0 spiro atoms. The minimum atomic E-state index is 0.463. The molecule has 3 heterocycles. The summed E-state index contributed by atoms with van der Waals surface area (Å²) in [4.78, 5) is 5.01. The number of rotatable bonds is 2. The van der Waals surface area contributed by atoms with Crippen molar-refractivity contribution >= 4 is 38.3 Å².